The van der Waals surface area contributed by atoms with Gasteiger partial charge in [-0.05, 0) is 11.1 Å². The van der Waals surface area contributed by atoms with Gasteiger partial charge >= 0.3 is 29.6 Å². The van der Waals surface area contributed by atoms with Gasteiger partial charge in [-0.1, -0.05) is 10.2 Å². The van der Waals surface area contributed by atoms with Gasteiger partial charge in [-0.2, -0.15) is 0 Å². The van der Waals surface area contributed by atoms with E-state index in [-0.39, 0.29) is 53.8 Å². The smallest absolute Gasteiger partial charge is 0.374 e. The van der Waals surface area contributed by atoms with Gasteiger partial charge in [0.1, 0.15) is 0 Å². The molecule has 0 aliphatic carbocycles. The Hall–Kier alpha value is -1.15. The van der Waals surface area contributed by atoms with Gasteiger partial charge in [-0.25, -0.2) is 0 Å². The SMILES string of the molecule is [N-]=[N+]=N[C@H]1CO[C@H]2[C@@H]1OC[C@@H]2N=[N+]=[N-].[N-]=[N+]=[N-].[Na+]. The molecule has 2 rings (SSSR count). The van der Waals surface area contributed by atoms with Crippen molar-refractivity contribution < 1.29 is 39.0 Å². The van der Waals surface area contributed by atoms with Gasteiger partial charge in [0.2, 0.25) is 0 Å². The van der Waals surface area contributed by atoms with E-state index in [0.29, 0.717) is 13.2 Å². The van der Waals surface area contributed by atoms with Crippen LogP contribution in [0.25, 0.3) is 36.9 Å². The van der Waals surface area contributed by atoms with Gasteiger partial charge < -0.3 is 20.5 Å². The van der Waals surface area contributed by atoms with Crippen molar-refractivity contribution in [1.82, 2.24) is 0 Å². The molecule has 18 heavy (non-hydrogen) atoms. The fourth-order valence-corrected chi connectivity index (χ4v) is 1.79. The average Bonchev–Trinajstić information content (AvgIpc) is 2.86. The summed E-state index contributed by atoms with van der Waals surface area (Å²) in [6.07, 6.45) is -0.525. The van der Waals surface area contributed by atoms with E-state index in [1.807, 2.05) is 0 Å². The van der Waals surface area contributed by atoms with Gasteiger partial charge in [0.05, 0.1) is 37.5 Å². The Balaban J connectivity index is 0.000000660. The van der Waals surface area contributed by atoms with Crippen molar-refractivity contribution in [2.24, 2.45) is 10.2 Å². The Kier molecular flexibility index (Phi) is 8.30. The summed E-state index contributed by atoms with van der Waals surface area (Å²) in [6, 6.07) is -0.604. The van der Waals surface area contributed by atoms with Crippen molar-refractivity contribution in [3.8, 4) is 0 Å². The van der Waals surface area contributed by atoms with Crippen molar-refractivity contribution in [3.63, 3.8) is 0 Å². The molecule has 12 heteroatoms. The van der Waals surface area contributed by atoms with Gasteiger partial charge in [0.25, 0.3) is 0 Å². The fraction of sp³-hybridized carbons (Fsp3) is 1.00. The van der Waals surface area contributed by atoms with Crippen LogP contribution in [-0.2, 0) is 9.47 Å². The Bertz CT molecular complexity index is 366. The minimum atomic E-state index is -0.302. The van der Waals surface area contributed by atoms with Crippen molar-refractivity contribution in [2.45, 2.75) is 24.3 Å². The van der Waals surface area contributed by atoms with Crippen LogP contribution in [0, 0.1) is 0 Å². The third-order valence-electron chi connectivity index (χ3n) is 2.40. The van der Waals surface area contributed by atoms with Gasteiger partial charge in [0.15, 0.2) is 0 Å². The van der Waals surface area contributed by atoms with Crippen LogP contribution in [-0.4, -0.2) is 37.5 Å². The summed E-state index contributed by atoms with van der Waals surface area (Å²) in [4.78, 5) is 6.92. The second-order valence-electron chi connectivity index (χ2n) is 3.23. The number of azide groups is 2. The molecule has 0 spiro atoms. The minimum Gasteiger partial charge on any atom is -0.374 e. The van der Waals surface area contributed by atoms with Crippen LogP contribution in [0.5, 0.6) is 0 Å². The second-order valence-corrected chi connectivity index (χ2v) is 3.23. The van der Waals surface area contributed by atoms with Crippen molar-refractivity contribution >= 4 is 0 Å². The molecule has 2 saturated heterocycles. The van der Waals surface area contributed by atoms with Crippen LogP contribution in [0.1, 0.15) is 0 Å². The maximum atomic E-state index is 8.28. The first-order chi connectivity index (χ1) is 8.28. The molecule has 11 nitrogen and oxygen atoms in total. The molecular formula is C6H8N9NaO2. The first-order valence-corrected chi connectivity index (χ1v) is 4.58. The quantitative estimate of drug-likeness (QED) is 0.268. The molecule has 0 radical (unpaired) electrons. The summed E-state index contributed by atoms with van der Waals surface area (Å²) in [5.74, 6) is 0. The van der Waals surface area contributed by atoms with E-state index in [1.54, 1.807) is 0 Å². The zero-order valence-electron chi connectivity index (χ0n) is 9.57. The Morgan fingerprint density at radius 2 is 1.17 bits per heavy atom. The monoisotopic (exact) mass is 261 g/mol. The van der Waals surface area contributed by atoms with Crippen LogP contribution < -0.4 is 29.6 Å². The van der Waals surface area contributed by atoms with E-state index >= 15 is 0 Å². The first kappa shape index (κ1) is 16.9. The standard InChI is InChI=1S/C6H8N6O2.N3.Na/c7-11-9-3-1-13-6-4(10-12-8)2-14-5(3)6;1-3-2;/h3-6H,1-2H2;;/q;-1;+1/t3-,4-,5+,6+;;/m0../s1. The molecule has 0 aromatic heterocycles. The summed E-state index contributed by atoms with van der Waals surface area (Å²) in [5.41, 5.74) is 30.1. The number of ether oxygens (including phenoxy) is 2. The molecule has 0 unspecified atom stereocenters. The van der Waals surface area contributed by atoms with Crippen LogP contribution in [0.3, 0.4) is 0 Å². The van der Waals surface area contributed by atoms with Gasteiger partial charge in [-0.15, -0.1) is 0 Å². The maximum absolute atomic E-state index is 8.28. The largest absolute Gasteiger partial charge is 1.00 e. The summed E-state index contributed by atoms with van der Waals surface area (Å²) in [7, 11) is 0. The summed E-state index contributed by atoms with van der Waals surface area (Å²) in [5, 5.41) is 7.11. The van der Waals surface area contributed by atoms with E-state index in [0.717, 1.165) is 0 Å². The van der Waals surface area contributed by atoms with Crippen LogP contribution in [0.4, 0.5) is 0 Å². The van der Waals surface area contributed by atoms with Crippen molar-refractivity contribution in [1.29, 1.82) is 0 Å². The Morgan fingerprint density at radius 3 is 1.44 bits per heavy atom. The van der Waals surface area contributed by atoms with Gasteiger partial charge in [0, 0.05) is 9.82 Å². The average molecular weight is 261 g/mol. The summed E-state index contributed by atoms with van der Waals surface area (Å²) in [6.45, 7) is 0.660. The van der Waals surface area contributed by atoms with Crippen LogP contribution in [0.15, 0.2) is 10.2 Å². The number of fused-ring (bicyclic) bond motifs is 1. The fourth-order valence-electron chi connectivity index (χ4n) is 1.79. The number of rotatable bonds is 2. The third kappa shape index (κ3) is 3.95. The molecule has 0 bridgehead atoms. The van der Waals surface area contributed by atoms with Crippen LogP contribution >= 0.6 is 0 Å². The summed E-state index contributed by atoms with van der Waals surface area (Å²) < 4.78 is 10.7. The van der Waals surface area contributed by atoms with E-state index in [4.69, 9.17) is 31.6 Å². The maximum Gasteiger partial charge on any atom is 1.00 e. The normalized spacial score (nSPS) is 31.3. The second kappa shape index (κ2) is 8.87. The first-order valence-electron chi connectivity index (χ1n) is 4.58. The van der Waals surface area contributed by atoms with E-state index in [1.165, 1.54) is 4.91 Å². The zero-order valence-corrected chi connectivity index (χ0v) is 11.6. The molecule has 90 valence electrons. The molecule has 0 aromatic rings. The molecular weight excluding hydrogens is 253 g/mol. The van der Waals surface area contributed by atoms with Crippen molar-refractivity contribution in [3.05, 3.63) is 36.9 Å². The Labute approximate surface area is 123 Å². The predicted octanol–water partition coefficient (Wildman–Crippen LogP) is -0.988. The molecule has 4 atom stereocenters. The number of hydrogen-bond donors (Lipinski definition) is 0. The molecule has 2 heterocycles. The number of nitrogens with zero attached hydrogens (tertiary/aromatic N) is 9. The summed E-state index contributed by atoms with van der Waals surface area (Å²) >= 11 is 0. The molecule has 2 aliphatic rings. The molecule has 0 aromatic carbocycles. The molecule has 0 saturated carbocycles. The Morgan fingerprint density at radius 1 is 0.833 bits per heavy atom. The molecule has 0 N–H and O–H groups in total. The molecule has 2 fully saturated rings. The number of hydrogen-bond acceptors (Lipinski definition) is 4. The van der Waals surface area contributed by atoms with E-state index in [9.17, 15) is 0 Å². The van der Waals surface area contributed by atoms with E-state index in [2.05, 4.69) is 20.1 Å². The predicted molar refractivity (Wildman–Crippen MR) is 55.4 cm³/mol. The van der Waals surface area contributed by atoms with Crippen molar-refractivity contribution in [2.75, 3.05) is 13.2 Å². The van der Waals surface area contributed by atoms with E-state index < -0.39 is 0 Å². The topological polar surface area (TPSA) is 175 Å². The minimum absolute atomic E-state index is 0. The third-order valence-corrected chi connectivity index (χ3v) is 2.40. The molecule has 0 amide bonds. The van der Waals surface area contributed by atoms with Crippen LogP contribution in [0.2, 0.25) is 0 Å². The van der Waals surface area contributed by atoms with Gasteiger partial charge in [-0.3, -0.25) is 4.91 Å². The molecule has 2 aliphatic heterocycles. The zero-order chi connectivity index (χ0) is 12.7.